The number of carboxylic acids is 1. The fraction of sp³-hybridized carbons (Fsp3) is 0.174. The average Bonchev–Trinajstić information content (AvgIpc) is 3.02. The maximum Gasteiger partial charge on any atom is 0.337 e. The number of ether oxygens (including phenoxy) is 2. The number of halogens is 1. The lowest BCUT2D eigenvalue weighted by Crippen LogP contribution is -2.21. The van der Waals surface area contributed by atoms with Crippen LogP contribution in [0.1, 0.15) is 29.8 Å². The first kappa shape index (κ1) is 21.9. The second-order valence-corrected chi connectivity index (χ2v) is 6.87. The molecule has 0 radical (unpaired) electrons. The second kappa shape index (κ2) is 9.37. The smallest absolute Gasteiger partial charge is 0.337 e. The number of nitrogens with zero attached hydrogens (tertiary/aromatic N) is 2. The maximum atomic E-state index is 13.0. The van der Waals surface area contributed by atoms with Crippen LogP contribution in [0.2, 0.25) is 5.02 Å². The van der Waals surface area contributed by atoms with Crippen molar-refractivity contribution in [2.75, 3.05) is 18.2 Å². The van der Waals surface area contributed by atoms with Gasteiger partial charge < -0.3 is 14.6 Å². The quantitative estimate of drug-likeness (QED) is 0.515. The summed E-state index contributed by atoms with van der Waals surface area (Å²) in [5.74, 6) is 1.84. The van der Waals surface area contributed by atoms with Crippen LogP contribution in [0, 0.1) is 12.3 Å². The molecule has 0 aliphatic carbocycles. The normalized spacial score (nSPS) is 14.4. The Hall–Kier alpha value is -3.76. The fourth-order valence-corrected chi connectivity index (χ4v) is 3.15. The molecule has 0 unspecified atom stereocenters. The fourth-order valence-electron chi connectivity index (χ4n) is 2.96. The second-order valence-electron chi connectivity index (χ2n) is 6.46. The Kier molecular flexibility index (Phi) is 6.63. The Balaban J connectivity index is 1.93. The van der Waals surface area contributed by atoms with Crippen LogP contribution in [-0.4, -0.2) is 35.9 Å². The number of carbonyl (C=O) groups is 2. The number of rotatable bonds is 7. The number of benzene rings is 2. The maximum absolute atomic E-state index is 13.0. The summed E-state index contributed by atoms with van der Waals surface area (Å²) in [6.45, 7) is 4.09. The molecule has 2 aromatic rings. The lowest BCUT2D eigenvalue weighted by atomic mass is 10.1. The molecule has 1 N–H and O–H groups in total. The van der Waals surface area contributed by atoms with Crippen LogP contribution in [-0.2, 0) is 4.79 Å². The van der Waals surface area contributed by atoms with Crippen molar-refractivity contribution in [3.63, 3.8) is 0 Å². The van der Waals surface area contributed by atoms with Gasteiger partial charge in [0, 0.05) is 0 Å². The van der Waals surface area contributed by atoms with E-state index in [0.717, 1.165) is 5.01 Å². The third-order valence-corrected chi connectivity index (χ3v) is 4.71. The molecule has 8 heteroatoms. The molecular formula is C23H19ClN2O5. The molecule has 31 heavy (non-hydrogen) atoms. The highest BCUT2D eigenvalue weighted by molar-refractivity contribution is 6.34. The first-order valence-corrected chi connectivity index (χ1v) is 9.71. The van der Waals surface area contributed by atoms with Crippen molar-refractivity contribution in [3.05, 3.63) is 58.1 Å². The summed E-state index contributed by atoms with van der Waals surface area (Å²) >= 11 is 5.92. The molecule has 0 spiro atoms. The van der Waals surface area contributed by atoms with E-state index in [1.807, 2.05) is 6.92 Å². The third-order valence-electron chi connectivity index (χ3n) is 4.38. The van der Waals surface area contributed by atoms with E-state index in [9.17, 15) is 14.7 Å². The molecule has 1 aliphatic heterocycles. The number of hydrazone groups is 1. The number of carbonyl (C=O) groups excluding carboxylic acids is 1. The molecule has 0 saturated carbocycles. The Labute approximate surface area is 184 Å². The van der Waals surface area contributed by atoms with Gasteiger partial charge in [0.15, 0.2) is 11.5 Å². The molecule has 158 valence electrons. The van der Waals surface area contributed by atoms with E-state index < -0.39 is 5.97 Å². The van der Waals surface area contributed by atoms with Gasteiger partial charge in [-0.25, -0.2) is 4.79 Å². The monoisotopic (exact) mass is 438 g/mol. The highest BCUT2D eigenvalue weighted by Crippen LogP contribution is 2.32. The zero-order chi connectivity index (χ0) is 22.5. The van der Waals surface area contributed by atoms with E-state index in [4.69, 9.17) is 27.5 Å². The van der Waals surface area contributed by atoms with Crippen molar-refractivity contribution >= 4 is 41.0 Å². The molecule has 1 amide bonds. The number of carboxylic acid groups (broad SMARTS) is 1. The summed E-state index contributed by atoms with van der Waals surface area (Å²) in [4.78, 5) is 24.3. The number of hydrogen-bond acceptors (Lipinski definition) is 5. The largest absolute Gasteiger partial charge is 0.490 e. The summed E-state index contributed by atoms with van der Waals surface area (Å²) in [6, 6.07) is 9.51. The van der Waals surface area contributed by atoms with Crippen molar-refractivity contribution in [2.45, 2.75) is 13.8 Å². The van der Waals surface area contributed by atoms with E-state index >= 15 is 0 Å². The van der Waals surface area contributed by atoms with Gasteiger partial charge >= 0.3 is 5.97 Å². The summed E-state index contributed by atoms with van der Waals surface area (Å²) in [7, 11) is 0. The van der Waals surface area contributed by atoms with Gasteiger partial charge in [-0.1, -0.05) is 23.6 Å². The lowest BCUT2D eigenvalue weighted by molar-refractivity contribution is -0.114. The van der Waals surface area contributed by atoms with Crippen molar-refractivity contribution in [1.29, 1.82) is 0 Å². The van der Waals surface area contributed by atoms with Gasteiger partial charge in [0.05, 0.1) is 34.2 Å². The Bertz CT molecular complexity index is 1150. The van der Waals surface area contributed by atoms with Gasteiger partial charge in [0.25, 0.3) is 5.91 Å². The first-order chi connectivity index (χ1) is 14.8. The van der Waals surface area contributed by atoms with Crippen LogP contribution in [0.5, 0.6) is 11.5 Å². The molecule has 0 atom stereocenters. The molecule has 0 saturated heterocycles. The Morgan fingerprint density at radius 2 is 2.03 bits per heavy atom. The van der Waals surface area contributed by atoms with Gasteiger partial charge in [-0.2, -0.15) is 10.1 Å². The Morgan fingerprint density at radius 3 is 2.71 bits per heavy atom. The first-order valence-electron chi connectivity index (χ1n) is 9.33. The Morgan fingerprint density at radius 1 is 1.26 bits per heavy atom. The summed E-state index contributed by atoms with van der Waals surface area (Å²) in [6.07, 6.45) is 6.93. The van der Waals surface area contributed by atoms with Gasteiger partial charge in [-0.15, -0.1) is 6.42 Å². The summed E-state index contributed by atoms with van der Waals surface area (Å²) in [5.41, 5.74) is 1.76. The SMILES string of the molecule is C#CCOc1ccc(/C=C2\C(=O)N(c3ccc(Cl)c(C(=O)O)c3)N=C2C)cc1OCC. The van der Waals surface area contributed by atoms with E-state index in [2.05, 4.69) is 11.0 Å². The lowest BCUT2D eigenvalue weighted by Gasteiger charge is -2.13. The van der Waals surface area contributed by atoms with E-state index in [1.54, 1.807) is 31.2 Å². The highest BCUT2D eigenvalue weighted by Gasteiger charge is 2.29. The predicted octanol–water partition coefficient (Wildman–Crippen LogP) is 4.26. The molecule has 0 aromatic heterocycles. The highest BCUT2D eigenvalue weighted by atomic mass is 35.5. The zero-order valence-electron chi connectivity index (χ0n) is 16.9. The summed E-state index contributed by atoms with van der Waals surface area (Å²) in [5, 5.41) is 14.8. The van der Waals surface area contributed by atoms with Crippen LogP contribution >= 0.6 is 11.6 Å². The molecule has 0 fully saturated rings. The number of terminal acetylenes is 1. The topological polar surface area (TPSA) is 88.4 Å². The number of amides is 1. The average molecular weight is 439 g/mol. The van der Waals surface area contributed by atoms with Gasteiger partial charge in [0.1, 0.15) is 6.61 Å². The van der Waals surface area contributed by atoms with Gasteiger partial charge in [-0.05, 0) is 55.8 Å². The van der Waals surface area contributed by atoms with E-state index in [-0.39, 0.29) is 23.1 Å². The molecule has 0 bridgehead atoms. The van der Waals surface area contributed by atoms with Crippen LogP contribution < -0.4 is 14.5 Å². The van der Waals surface area contributed by atoms with E-state index in [1.165, 1.54) is 18.2 Å². The van der Waals surface area contributed by atoms with Gasteiger partial charge in [0.2, 0.25) is 0 Å². The van der Waals surface area contributed by atoms with Crippen molar-refractivity contribution in [3.8, 4) is 23.8 Å². The standard InChI is InChI=1S/C23H19ClN2O5/c1-4-10-31-20-9-6-15(12-21(20)30-5-2)11-17-14(3)25-26(22(17)27)16-7-8-19(24)18(13-16)23(28)29/h1,6-9,11-13H,5,10H2,2-3H3,(H,28,29)/b17-11-. The number of aromatic carboxylic acids is 1. The van der Waals surface area contributed by atoms with Crippen molar-refractivity contribution < 1.29 is 24.2 Å². The molecule has 1 heterocycles. The van der Waals surface area contributed by atoms with Crippen LogP contribution in [0.25, 0.3) is 6.08 Å². The van der Waals surface area contributed by atoms with Crippen LogP contribution in [0.4, 0.5) is 5.69 Å². The minimum atomic E-state index is -1.19. The summed E-state index contributed by atoms with van der Waals surface area (Å²) < 4.78 is 11.1. The molecule has 2 aromatic carbocycles. The van der Waals surface area contributed by atoms with Crippen molar-refractivity contribution in [2.24, 2.45) is 5.10 Å². The number of anilines is 1. The third kappa shape index (κ3) is 4.71. The molecule has 3 rings (SSSR count). The van der Waals surface area contributed by atoms with Crippen LogP contribution in [0.15, 0.2) is 47.1 Å². The van der Waals surface area contributed by atoms with Crippen molar-refractivity contribution in [1.82, 2.24) is 0 Å². The van der Waals surface area contributed by atoms with E-state index in [0.29, 0.717) is 40.6 Å². The molecule has 1 aliphatic rings. The predicted molar refractivity (Wildman–Crippen MR) is 119 cm³/mol. The molecular weight excluding hydrogens is 420 g/mol. The number of hydrogen-bond donors (Lipinski definition) is 1. The van der Waals surface area contributed by atoms with Crippen LogP contribution in [0.3, 0.4) is 0 Å². The zero-order valence-corrected chi connectivity index (χ0v) is 17.6. The minimum Gasteiger partial charge on any atom is -0.490 e. The minimum absolute atomic E-state index is 0.0787. The van der Waals surface area contributed by atoms with Gasteiger partial charge in [-0.3, -0.25) is 4.79 Å². The molecule has 7 nitrogen and oxygen atoms in total.